The Hall–Kier alpha value is 0.497. The number of hydrogen-bond acceptors (Lipinski definition) is 4. The van der Waals surface area contributed by atoms with Gasteiger partial charge in [0.2, 0.25) is 0 Å². The van der Waals surface area contributed by atoms with Gasteiger partial charge in [0.15, 0.2) is 0 Å². The molecule has 0 N–H and O–H groups in total. The zero-order valence-electron chi connectivity index (χ0n) is 12.8. The molecule has 0 aromatic carbocycles. The first-order valence-electron chi connectivity index (χ1n) is 7.54. The summed E-state index contributed by atoms with van der Waals surface area (Å²) in [4.78, 5) is 4.96. The summed E-state index contributed by atoms with van der Waals surface area (Å²) in [6, 6.07) is 0.622. The van der Waals surface area contributed by atoms with Crippen molar-refractivity contribution in [3.8, 4) is 10.8 Å². The zero-order valence-corrected chi connectivity index (χ0v) is 16.2. The Bertz CT molecular complexity index is 400. The van der Waals surface area contributed by atoms with Gasteiger partial charge < -0.3 is 0 Å². The maximum atomic E-state index is 4.96. The number of thioether (sulfide) groups is 3. The molecule has 1 saturated heterocycles. The molecule has 1 unspecified atom stereocenters. The van der Waals surface area contributed by atoms with Gasteiger partial charge in [-0.1, -0.05) is 74.2 Å². The van der Waals surface area contributed by atoms with Crippen molar-refractivity contribution in [3.05, 3.63) is 0 Å². The van der Waals surface area contributed by atoms with Crippen molar-refractivity contribution in [2.45, 2.75) is 63.0 Å². The molecule has 2 rings (SSSR count). The van der Waals surface area contributed by atoms with Crippen LogP contribution in [0.4, 0.5) is 0 Å². The molecule has 20 heavy (non-hydrogen) atoms. The first kappa shape index (κ1) is 16.9. The van der Waals surface area contributed by atoms with E-state index in [-0.39, 0.29) is 0 Å². The third-order valence-corrected chi connectivity index (χ3v) is 8.12. The predicted molar refractivity (Wildman–Crippen MR) is 102 cm³/mol. The molecular formula is C15H25NS3Si. The average molecular weight is 344 g/mol. The van der Waals surface area contributed by atoms with Crippen LogP contribution >= 0.6 is 35.3 Å². The van der Waals surface area contributed by atoms with E-state index in [1.807, 2.05) is 35.3 Å². The highest BCUT2D eigenvalue weighted by molar-refractivity contribution is 8.42. The maximum Gasteiger partial charge on any atom is 0.130 e. The summed E-state index contributed by atoms with van der Waals surface area (Å²) in [6.45, 7) is 6.90. The Morgan fingerprint density at radius 1 is 1.25 bits per heavy atom. The lowest BCUT2D eigenvalue weighted by Crippen LogP contribution is -2.16. The normalized spacial score (nSPS) is 26.6. The molecule has 0 aromatic rings. The van der Waals surface area contributed by atoms with Crippen LogP contribution < -0.4 is 0 Å². The Kier molecular flexibility index (Phi) is 6.92. The quantitative estimate of drug-likeness (QED) is 0.523. The molecule has 1 aliphatic heterocycles. The van der Waals surface area contributed by atoms with Gasteiger partial charge in [0.1, 0.15) is 12.4 Å². The smallest absolute Gasteiger partial charge is 0.130 e. The first-order chi connectivity index (χ1) is 9.53. The second kappa shape index (κ2) is 8.21. The van der Waals surface area contributed by atoms with E-state index >= 15 is 0 Å². The Morgan fingerprint density at radius 3 is 2.70 bits per heavy atom. The van der Waals surface area contributed by atoms with Crippen LogP contribution in [0.2, 0.25) is 19.6 Å². The largest absolute Gasteiger partial charge is 0.268 e. The lowest BCUT2D eigenvalue weighted by molar-refractivity contribution is 0.444. The van der Waals surface area contributed by atoms with Crippen LogP contribution in [0.1, 0.15) is 32.1 Å². The van der Waals surface area contributed by atoms with Crippen molar-refractivity contribution >= 4 is 47.7 Å². The SMILES string of the molecule is C[Si](C)(C)C#CSCC1CSC(=NC2CCCCC2)S1. The first-order valence-corrected chi connectivity index (χ1v) is 13.9. The number of aliphatic imine (C=N–C) groups is 1. The molecular weight excluding hydrogens is 318 g/mol. The zero-order chi connectivity index (χ0) is 14.4. The van der Waals surface area contributed by atoms with Gasteiger partial charge in [0, 0.05) is 16.8 Å². The molecule has 1 atom stereocenters. The van der Waals surface area contributed by atoms with Gasteiger partial charge >= 0.3 is 0 Å². The highest BCUT2D eigenvalue weighted by Gasteiger charge is 2.23. The van der Waals surface area contributed by atoms with Gasteiger partial charge in [-0.3, -0.25) is 4.99 Å². The summed E-state index contributed by atoms with van der Waals surface area (Å²) < 4.78 is 1.35. The van der Waals surface area contributed by atoms with Crippen molar-refractivity contribution in [2.75, 3.05) is 11.5 Å². The van der Waals surface area contributed by atoms with E-state index in [9.17, 15) is 0 Å². The molecule has 2 aliphatic rings. The Balaban J connectivity index is 1.71. The fourth-order valence-electron chi connectivity index (χ4n) is 2.21. The van der Waals surface area contributed by atoms with Crippen LogP contribution in [0.3, 0.4) is 0 Å². The second-order valence-electron chi connectivity index (χ2n) is 6.53. The fourth-order valence-corrected chi connectivity index (χ4v) is 7.26. The van der Waals surface area contributed by atoms with Gasteiger partial charge in [-0.05, 0) is 18.1 Å². The van der Waals surface area contributed by atoms with E-state index in [0.717, 1.165) is 5.75 Å². The lowest BCUT2D eigenvalue weighted by atomic mass is 9.96. The van der Waals surface area contributed by atoms with E-state index in [4.69, 9.17) is 4.99 Å². The third kappa shape index (κ3) is 6.51. The maximum absolute atomic E-state index is 4.96. The van der Waals surface area contributed by atoms with Gasteiger partial charge in [-0.15, -0.1) is 5.54 Å². The van der Waals surface area contributed by atoms with E-state index in [1.165, 1.54) is 42.2 Å². The van der Waals surface area contributed by atoms with Gasteiger partial charge in [0.25, 0.3) is 0 Å². The standard InChI is InChI=1S/C15H25NS3Si/c1-20(2,3)10-9-17-11-14-12-18-15(19-14)16-13-7-5-4-6-8-13/h13-14H,4-8,11-12H2,1-3H3. The Morgan fingerprint density at radius 2 is 2.00 bits per heavy atom. The lowest BCUT2D eigenvalue weighted by Gasteiger charge is -2.17. The molecule has 0 aromatic heterocycles. The minimum Gasteiger partial charge on any atom is -0.268 e. The Labute approximate surface area is 137 Å². The van der Waals surface area contributed by atoms with Crippen molar-refractivity contribution in [2.24, 2.45) is 4.99 Å². The van der Waals surface area contributed by atoms with Crippen molar-refractivity contribution in [1.82, 2.24) is 0 Å². The average Bonchev–Trinajstić information content (AvgIpc) is 2.82. The summed E-state index contributed by atoms with van der Waals surface area (Å²) in [6.07, 6.45) is 6.79. The molecule has 1 aliphatic carbocycles. The van der Waals surface area contributed by atoms with Crippen LogP contribution in [0.5, 0.6) is 0 Å². The van der Waals surface area contributed by atoms with E-state index < -0.39 is 8.07 Å². The van der Waals surface area contributed by atoms with Crippen molar-refractivity contribution < 1.29 is 0 Å². The van der Waals surface area contributed by atoms with Crippen molar-refractivity contribution in [3.63, 3.8) is 0 Å². The van der Waals surface area contributed by atoms with Crippen LogP contribution in [-0.2, 0) is 0 Å². The van der Waals surface area contributed by atoms with Gasteiger partial charge in [-0.25, -0.2) is 0 Å². The summed E-state index contributed by atoms with van der Waals surface area (Å²) in [7, 11) is -1.19. The molecule has 1 heterocycles. The van der Waals surface area contributed by atoms with Crippen LogP contribution in [0.25, 0.3) is 0 Å². The van der Waals surface area contributed by atoms with Gasteiger partial charge in [0.05, 0.1) is 6.04 Å². The van der Waals surface area contributed by atoms with Crippen LogP contribution in [0.15, 0.2) is 4.99 Å². The minimum atomic E-state index is -1.19. The van der Waals surface area contributed by atoms with Crippen LogP contribution in [-0.4, -0.2) is 35.2 Å². The third-order valence-electron chi connectivity index (χ3n) is 3.29. The summed E-state index contributed by atoms with van der Waals surface area (Å²) >= 11 is 5.78. The molecule has 2 fully saturated rings. The van der Waals surface area contributed by atoms with E-state index in [1.54, 1.807) is 0 Å². The predicted octanol–water partition coefficient (Wildman–Crippen LogP) is 5.10. The van der Waals surface area contributed by atoms with Crippen LogP contribution in [0, 0.1) is 10.8 Å². The van der Waals surface area contributed by atoms with E-state index in [0.29, 0.717) is 11.3 Å². The molecule has 112 valence electrons. The topological polar surface area (TPSA) is 12.4 Å². The summed E-state index contributed by atoms with van der Waals surface area (Å²) in [5, 5.41) is 4.03. The summed E-state index contributed by atoms with van der Waals surface area (Å²) in [5.41, 5.74) is 3.43. The molecule has 0 radical (unpaired) electrons. The summed E-state index contributed by atoms with van der Waals surface area (Å²) in [5.74, 6) is 2.37. The molecule has 5 heteroatoms. The molecule has 0 spiro atoms. The van der Waals surface area contributed by atoms with Gasteiger partial charge in [-0.2, -0.15) is 0 Å². The molecule has 0 amide bonds. The van der Waals surface area contributed by atoms with E-state index in [2.05, 4.69) is 30.4 Å². The number of rotatable bonds is 3. The second-order valence-corrected chi connectivity index (χ2v) is 14.7. The molecule has 1 saturated carbocycles. The number of nitrogens with zero attached hydrogens (tertiary/aromatic N) is 1. The van der Waals surface area contributed by atoms with Crippen molar-refractivity contribution in [1.29, 1.82) is 0 Å². The fraction of sp³-hybridized carbons (Fsp3) is 0.800. The molecule has 0 bridgehead atoms. The number of hydrogen-bond donors (Lipinski definition) is 0. The highest BCUT2D eigenvalue weighted by atomic mass is 32.2. The highest BCUT2D eigenvalue weighted by Crippen LogP contribution is 2.36. The minimum absolute atomic E-state index is 0.622. The molecule has 1 nitrogen and oxygen atoms in total. The monoisotopic (exact) mass is 343 g/mol.